The predicted molar refractivity (Wildman–Crippen MR) is 101 cm³/mol. The van der Waals surface area contributed by atoms with Gasteiger partial charge in [-0.3, -0.25) is 4.79 Å². The van der Waals surface area contributed by atoms with E-state index in [-0.39, 0.29) is 0 Å². The van der Waals surface area contributed by atoms with Crippen LogP contribution in [-0.4, -0.2) is 25.9 Å². The molecule has 2 aromatic carbocycles. The number of aromatic nitrogens is 3. The van der Waals surface area contributed by atoms with E-state index < -0.39 is 34.3 Å². The minimum Gasteiger partial charge on any atom is -0.323 e. The van der Waals surface area contributed by atoms with Gasteiger partial charge in [0, 0.05) is 0 Å². The average molecular weight is 406 g/mol. The van der Waals surface area contributed by atoms with Crippen molar-refractivity contribution in [2.75, 3.05) is 5.32 Å². The van der Waals surface area contributed by atoms with Crippen molar-refractivity contribution in [3.8, 4) is 0 Å². The first kappa shape index (κ1) is 19.9. The van der Waals surface area contributed by atoms with Crippen LogP contribution in [0.3, 0.4) is 0 Å². The quantitative estimate of drug-likeness (QED) is 0.493. The van der Waals surface area contributed by atoms with Crippen molar-refractivity contribution < 1.29 is 18.0 Å². The first-order valence-corrected chi connectivity index (χ1v) is 9.29. The van der Waals surface area contributed by atoms with Crippen molar-refractivity contribution in [3.63, 3.8) is 0 Å². The maximum atomic E-state index is 13.8. The molecule has 0 bridgehead atoms. The number of rotatable bonds is 6. The summed E-state index contributed by atoms with van der Waals surface area (Å²) < 4.78 is 42.0. The first-order valence-electron chi connectivity index (χ1n) is 8.41. The van der Waals surface area contributed by atoms with E-state index in [4.69, 9.17) is 0 Å². The summed E-state index contributed by atoms with van der Waals surface area (Å²) in [5.41, 5.74) is 0.631. The molecule has 0 spiro atoms. The number of aryl methyl sites for hydroxylation is 1. The Morgan fingerprint density at radius 2 is 1.82 bits per heavy atom. The Balaban J connectivity index is 1.72. The van der Waals surface area contributed by atoms with Crippen molar-refractivity contribution in [2.45, 2.75) is 30.8 Å². The summed E-state index contributed by atoms with van der Waals surface area (Å²) in [6.45, 7) is 3.95. The molecule has 3 aromatic rings. The van der Waals surface area contributed by atoms with Gasteiger partial charge in [-0.2, -0.15) is 0 Å². The van der Waals surface area contributed by atoms with Crippen LogP contribution in [0, 0.1) is 24.4 Å². The average Bonchev–Trinajstić information content (AvgIpc) is 3.02. The van der Waals surface area contributed by atoms with Crippen LogP contribution in [-0.2, 0) is 11.3 Å². The molecule has 0 saturated carbocycles. The third-order valence-electron chi connectivity index (χ3n) is 4.03. The molecule has 3 rings (SSSR count). The summed E-state index contributed by atoms with van der Waals surface area (Å²) in [5.74, 6) is -4.26. The second-order valence-electron chi connectivity index (χ2n) is 6.07. The highest BCUT2D eigenvalue weighted by Crippen LogP contribution is 2.25. The van der Waals surface area contributed by atoms with Gasteiger partial charge in [-0.15, -0.1) is 10.2 Å². The number of nitrogens with zero attached hydrogens (tertiary/aromatic N) is 3. The Morgan fingerprint density at radius 3 is 2.54 bits per heavy atom. The van der Waals surface area contributed by atoms with Gasteiger partial charge in [-0.05, 0) is 31.5 Å². The molecule has 0 saturated heterocycles. The zero-order chi connectivity index (χ0) is 20.3. The van der Waals surface area contributed by atoms with Crippen molar-refractivity contribution in [1.29, 1.82) is 0 Å². The number of benzene rings is 2. The highest BCUT2D eigenvalue weighted by atomic mass is 32.2. The Hall–Kier alpha value is -2.81. The lowest BCUT2D eigenvalue weighted by Gasteiger charge is -2.14. The fourth-order valence-electron chi connectivity index (χ4n) is 2.47. The summed E-state index contributed by atoms with van der Waals surface area (Å²) in [6.07, 6.45) is 0. The Labute approximate surface area is 164 Å². The number of halogens is 3. The maximum Gasteiger partial charge on any atom is 0.237 e. The van der Waals surface area contributed by atoms with Gasteiger partial charge in [-0.25, -0.2) is 13.2 Å². The van der Waals surface area contributed by atoms with Crippen LogP contribution < -0.4 is 5.32 Å². The van der Waals surface area contributed by atoms with Crippen LogP contribution in [0.2, 0.25) is 0 Å². The Bertz CT molecular complexity index is 994. The first-order chi connectivity index (χ1) is 13.4. The van der Waals surface area contributed by atoms with Gasteiger partial charge in [-0.1, -0.05) is 42.1 Å². The lowest BCUT2D eigenvalue weighted by atomic mass is 10.2. The number of amides is 1. The molecule has 5 nitrogen and oxygen atoms in total. The molecule has 146 valence electrons. The van der Waals surface area contributed by atoms with Crippen LogP contribution in [0.4, 0.5) is 18.9 Å². The van der Waals surface area contributed by atoms with Crippen LogP contribution >= 0.6 is 11.8 Å². The number of hydrogen-bond acceptors (Lipinski definition) is 4. The van der Waals surface area contributed by atoms with Crippen LogP contribution in [0.25, 0.3) is 0 Å². The minimum atomic E-state index is -1.63. The minimum absolute atomic E-state index is 0.418. The van der Waals surface area contributed by atoms with Crippen LogP contribution in [0.1, 0.15) is 18.3 Å². The van der Waals surface area contributed by atoms with E-state index in [1.165, 1.54) is 0 Å². The summed E-state index contributed by atoms with van der Waals surface area (Å²) in [6, 6.07) is 11.4. The molecule has 1 heterocycles. The van der Waals surface area contributed by atoms with Gasteiger partial charge in [0.05, 0.1) is 17.5 Å². The van der Waals surface area contributed by atoms with Crippen molar-refractivity contribution in [1.82, 2.24) is 14.8 Å². The summed E-state index contributed by atoms with van der Waals surface area (Å²) in [4.78, 5) is 12.4. The van der Waals surface area contributed by atoms with Gasteiger partial charge in [0.1, 0.15) is 5.82 Å². The van der Waals surface area contributed by atoms with Crippen molar-refractivity contribution in [2.24, 2.45) is 0 Å². The standard InChI is InChI=1S/C19H17F3N4OS/c1-11(18(27)23-15-9-8-14(20)16(21)17(15)22)28-19-25-24-12(2)26(19)10-13-6-4-3-5-7-13/h3-9,11H,10H2,1-2H3,(H,23,27)/t11-/m0/s1. The van der Waals surface area contributed by atoms with E-state index in [2.05, 4.69) is 15.5 Å². The van der Waals surface area contributed by atoms with E-state index in [1.54, 1.807) is 13.8 Å². The Kier molecular flexibility index (Phi) is 6.03. The number of anilines is 1. The molecule has 1 aromatic heterocycles. The van der Waals surface area contributed by atoms with E-state index >= 15 is 0 Å². The van der Waals surface area contributed by atoms with E-state index in [0.29, 0.717) is 17.5 Å². The zero-order valence-electron chi connectivity index (χ0n) is 15.1. The molecular weight excluding hydrogens is 389 g/mol. The van der Waals surface area contributed by atoms with Gasteiger partial charge in [0.15, 0.2) is 22.6 Å². The molecule has 0 unspecified atom stereocenters. The normalized spacial score (nSPS) is 12.0. The molecule has 28 heavy (non-hydrogen) atoms. The molecule has 0 radical (unpaired) electrons. The second kappa shape index (κ2) is 8.47. The third kappa shape index (κ3) is 4.36. The fraction of sp³-hybridized carbons (Fsp3) is 0.211. The summed E-state index contributed by atoms with van der Waals surface area (Å²) >= 11 is 1.14. The smallest absolute Gasteiger partial charge is 0.237 e. The fourth-order valence-corrected chi connectivity index (χ4v) is 3.36. The second-order valence-corrected chi connectivity index (χ2v) is 7.38. The molecule has 0 fully saturated rings. The highest BCUT2D eigenvalue weighted by molar-refractivity contribution is 8.00. The molecule has 0 aliphatic carbocycles. The third-order valence-corrected chi connectivity index (χ3v) is 5.11. The summed E-state index contributed by atoms with van der Waals surface area (Å²) in [7, 11) is 0. The predicted octanol–water partition coefficient (Wildman–Crippen LogP) is 4.17. The SMILES string of the molecule is Cc1nnc(S[C@@H](C)C(=O)Nc2ccc(F)c(F)c2F)n1Cc1ccccc1. The Morgan fingerprint density at radius 1 is 1.11 bits per heavy atom. The lowest BCUT2D eigenvalue weighted by Crippen LogP contribution is -2.24. The lowest BCUT2D eigenvalue weighted by molar-refractivity contribution is -0.115. The van der Waals surface area contributed by atoms with Crippen molar-refractivity contribution >= 4 is 23.4 Å². The molecule has 0 aliphatic rings. The van der Waals surface area contributed by atoms with Gasteiger partial charge in [0.2, 0.25) is 5.91 Å². The number of carbonyl (C=O) groups excluding carboxylic acids is 1. The highest BCUT2D eigenvalue weighted by Gasteiger charge is 2.22. The number of carbonyl (C=O) groups is 1. The maximum absolute atomic E-state index is 13.8. The molecular formula is C19H17F3N4OS. The van der Waals surface area contributed by atoms with Crippen LogP contribution in [0.5, 0.6) is 0 Å². The van der Waals surface area contributed by atoms with E-state index in [9.17, 15) is 18.0 Å². The molecule has 1 N–H and O–H groups in total. The zero-order valence-corrected chi connectivity index (χ0v) is 15.9. The number of nitrogens with one attached hydrogen (secondary N) is 1. The molecule has 1 amide bonds. The molecule has 0 aliphatic heterocycles. The molecule has 9 heteroatoms. The van der Waals surface area contributed by atoms with Crippen LogP contribution in [0.15, 0.2) is 47.6 Å². The summed E-state index contributed by atoms with van der Waals surface area (Å²) in [5, 5.41) is 10.3. The number of hydrogen-bond donors (Lipinski definition) is 1. The van der Waals surface area contributed by atoms with Gasteiger partial charge < -0.3 is 9.88 Å². The monoisotopic (exact) mass is 406 g/mol. The van der Waals surface area contributed by atoms with Gasteiger partial charge in [0.25, 0.3) is 0 Å². The van der Waals surface area contributed by atoms with Crippen molar-refractivity contribution in [3.05, 3.63) is 71.3 Å². The van der Waals surface area contributed by atoms with E-state index in [0.717, 1.165) is 29.5 Å². The molecule has 1 atom stereocenters. The largest absolute Gasteiger partial charge is 0.323 e. The number of thioether (sulfide) groups is 1. The van der Waals surface area contributed by atoms with Gasteiger partial charge >= 0.3 is 0 Å². The van der Waals surface area contributed by atoms with E-state index in [1.807, 2.05) is 34.9 Å². The topological polar surface area (TPSA) is 59.8 Å².